The molecule has 0 radical (unpaired) electrons. The summed E-state index contributed by atoms with van der Waals surface area (Å²) in [7, 11) is 3.91. The average Bonchev–Trinajstić information content (AvgIpc) is 2.94. The van der Waals surface area contributed by atoms with Crippen LogP contribution in [0.15, 0.2) is 30.5 Å². The Bertz CT molecular complexity index is 1120. The van der Waals surface area contributed by atoms with Crippen molar-refractivity contribution in [1.29, 1.82) is 5.26 Å². The van der Waals surface area contributed by atoms with Gasteiger partial charge in [0.15, 0.2) is 12.9 Å². The van der Waals surface area contributed by atoms with Gasteiger partial charge in [0, 0.05) is 22.0 Å². The summed E-state index contributed by atoms with van der Waals surface area (Å²) in [6.45, 7) is 15.1. The molecule has 3 rings (SSSR count). The van der Waals surface area contributed by atoms with E-state index in [2.05, 4.69) is 78.8 Å². The van der Waals surface area contributed by atoms with Gasteiger partial charge < -0.3 is 0 Å². The first-order valence-corrected chi connectivity index (χ1v) is 10.3. The molecule has 5 heteroatoms. The molecule has 1 aromatic carbocycles. The second kappa shape index (κ2) is 7.36. The van der Waals surface area contributed by atoms with E-state index in [4.69, 9.17) is 9.97 Å². The Morgan fingerprint density at radius 3 is 2.03 bits per heavy atom. The molecule has 0 bridgehead atoms. The van der Waals surface area contributed by atoms with Gasteiger partial charge in [-0.15, -0.1) is 4.68 Å². The smallest absolute Gasteiger partial charge is 0.213 e. The van der Waals surface area contributed by atoms with Crippen LogP contribution in [0.25, 0.3) is 22.6 Å². The molecule has 0 aliphatic rings. The van der Waals surface area contributed by atoms with Gasteiger partial charge in [-0.2, -0.15) is 9.94 Å². The Kier molecular flexibility index (Phi) is 5.32. The maximum Gasteiger partial charge on any atom is 0.213 e. The maximum absolute atomic E-state index is 9.65. The summed E-state index contributed by atoms with van der Waals surface area (Å²) < 4.78 is 3.92. The van der Waals surface area contributed by atoms with Gasteiger partial charge >= 0.3 is 0 Å². The fraction of sp³-hybridized carbons (Fsp3) is 0.440. The highest BCUT2D eigenvalue weighted by atomic mass is 15.4. The Morgan fingerprint density at radius 2 is 1.53 bits per heavy atom. The first kappa shape index (κ1) is 21.7. The Balaban J connectivity index is 2.27. The van der Waals surface area contributed by atoms with Crippen LogP contribution in [-0.2, 0) is 24.9 Å². The highest BCUT2D eigenvalue weighted by Gasteiger charge is 2.25. The zero-order valence-corrected chi connectivity index (χ0v) is 19.6. The molecule has 156 valence electrons. The third-order valence-electron chi connectivity index (χ3n) is 5.50. The number of nitrogens with zero attached hydrogens (tertiary/aromatic N) is 5. The summed E-state index contributed by atoms with van der Waals surface area (Å²) in [5.74, 6) is 0.727. The van der Waals surface area contributed by atoms with Crippen LogP contribution in [0.3, 0.4) is 0 Å². The molecule has 0 aliphatic heterocycles. The summed E-state index contributed by atoms with van der Waals surface area (Å²) in [4.78, 5) is 9.87. The van der Waals surface area contributed by atoms with E-state index in [1.165, 1.54) is 0 Å². The van der Waals surface area contributed by atoms with Crippen molar-refractivity contribution in [2.75, 3.05) is 0 Å². The Labute approximate surface area is 180 Å². The third-order valence-corrected chi connectivity index (χ3v) is 5.50. The van der Waals surface area contributed by atoms with Crippen molar-refractivity contribution in [3.05, 3.63) is 53.0 Å². The molecule has 0 atom stereocenters. The predicted octanol–water partition coefficient (Wildman–Crippen LogP) is 4.75. The molecule has 0 amide bonds. The van der Waals surface area contributed by atoms with Crippen LogP contribution in [0.4, 0.5) is 0 Å². The van der Waals surface area contributed by atoms with Gasteiger partial charge in [-0.3, -0.25) is 0 Å². The molecule has 0 unspecified atom stereocenters. The first-order valence-electron chi connectivity index (χ1n) is 10.3. The fourth-order valence-corrected chi connectivity index (χ4v) is 3.43. The zero-order chi connectivity index (χ0) is 22.4. The van der Waals surface area contributed by atoms with Crippen molar-refractivity contribution in [3.8, 4) is 28.7 Å². The molecule has 0 N–H and O–H groups in total. The maximum atomic E-state index is 9.65. The van der Waals surface area contributed by atoms with Crippen molar-refractivity contribution in [2.24, 2.45) is 14.1 Å². The van der Waals surface area contributed by atoms with Gasteiger partial charge in [0.25, 0.3) is 0 Å². The number of aromatic nitrogens is 4. The van der Waals surface area contributed by atoms with E-state index in [-0.39, 0.29) is 10.8 Å². The minimum Gasteiger partial charge on any atom is -0.233 e. The second-order valence-electron chi connectivity index (χ2n) is 10.1. The van der Waals surface area contributed by atoms with Crippen LogP contribution in [0.2, 0.25) is 0 Å². The third kappa shape index (κ3) is 4.00. The lowest BCUT2D eigenvalue weighted by atomic mass is 9.86. The fourth-order valence-electron chi connectivity index (χ4n) is 3.43. The lowest BCUT2D eigenvalue weighted by Gasteiger charge is -2.24. The molecule has 2 aromatic heterocycles. The van der Waals surface area contributed by atoms with E-state index in [0.29, 0.717) is 5.56 Å². The number of hydrogen-bond acceptors (Lipinski definition) is 3. The SMILES string of the molecule is Cc1ccc(-c2nc(C(C)(C)C)cc(C(C)(C)C)n2)cc1-c1c(C#N)c[n+](C)n1C. The largest absolute Gasteiger partial charge is 0.233 e. The van der Waals surface area contributed by atoms with Crippen molar-refractivity contribution < 1.29 is 4.68 Å². The average molecular weight is 403 g/mol. The predicted molar refractivity (Wildman–Crippen MR) is 120 cm³/mol. The van der Waals surface area contributed by atoms with Crippen LogP contribution in [0.1, 0.15) is 64.1 Å². The van der Waals surface area contributed by atoms with Crippen LogP contribution in [0, 0.1) is 18.3 Å². The van der Waals surface area contributed by atoms with Crippen molar-refractivity contribution in [3.63, 3.8) is 0 Å². The van der Waals surface area contributed by atoms with Crippen molar-refractivity contribution >= 4 is 0 Å². The van der Waals surface area contributed by atoms with Gasteiger partial charge in [0.05, 0.1) is 18.4 Å². The second-order valence-corrected chi connectivity index (χ2v) is 10.1. The number of benzene rings is 1. The van der Waals surface area contributed by atoms with E-state index in [9.17, 15) is 5.26 Å². The summed E-state index contributed by atoms with van der Waals surface area (Å²) in [5.41, 5.74) is 6.55. The van der Waals surface area contributed by atoms with Crippen molar-refractivity contribution in [2.45, 2.75) is 59.3 Å². The topological polar surface area (TPSA) is 58.4 Å². The number of hydrogen-bond donors (Lipinski definition) is 0. The van der Waals surface area contributed by atoms with Crippen molar-refractivity contribution in [1.82, 2.24) is 14.6 Å². The van der Waals surface area contributed by atoms with E-state index in [0.717, 1.165) is 39.6 Å². The molecule has 3 aromatic rings. The molecule has 0 spiro atoms. The van der Waals surface area contributed by atoms with Crippen LogP contribution >= 0.6 is 0 Å². The van der Waals surface area contributed by atoms with Crippen LogP contribution in [0.5, 0.6) is 0 Å². The Morgan fingerprint density at radius 1 is 0.967 bits per heavy atom. The normalized spacial score (nSPS) is 12.1. The minimum absolute atomic E-state index is 0.0783. The number of aryl methyl sites for hydroxylation is 2. The lowest BCUT2D eigenvalue weighted by molar-refractivity contribution is -0.750. The molecule has 2 heterocycles. The van der Waals surface area contributed by atoms with E-state index in [1.807, 2.05) is 29.7 Å². The molecule has 5 nitrogen and oxygen atoms in total. The molecule has 0 aliphatic carbocycles. The van der Waals surface area contributed by atoms with Crippen LogP contribution < -0.4 is 4.68 Å². The molecule has 0 saturated carbocycles. The lowest BCUT2D eigenvalue weighted by Crippen LogP contribution is -2.36. The zero-order valence-electron chi connectivity index (χ0n) is 19.6. The number of nitriles is 1. The van der Waals surface area contributed by atoms with Gasteiger partial charge in [0.1, 0.15) is 17.3 Å². The number of rotatable bonds is 2. The quantitative estimate of drug-likeness (QED) is 0.581. The van der Waals surface area contributed by atoms with E-state index in [1.54, 1.807) is 0 Å². The highest BCUT2D eigenvalue weighted by Crippen LogP contribution is 2.32. The molecule has 0 fully saturated rings. The van der Waals surface area contributed by atoms with E-state index < -0.39 is 0 Å². The molecular weight excluding hydrogens is 370 g/mol. The first-order chi connectivity index (χ1) is 13.8. The monoisotopic (exact) mass is 402 g/mol. The van der Waals surface area contributed by atoms with Gasteiger partial charge in [-0.25, -0.2) is 9.97 Å². The minimum atomic E-state index is -0.0783. The molecule has 30 heavy (non-hydrogen) atoms. The van der Waals surface area contributed by atoms with Gasteiger partial charge in [-0.05, 0) is 24.6 Å². The van der Waals surface area contributed by atoms with Gasteiger partial charge in [0.2, 0.25) is 6.20 Å². The van der Waals surface area contributed by atoms with Gasteiger partial charge in [-0.1, -0.05) is 53.7 Å². The Hall–Kier alpha value is -3.00. The summed E-state index contributed by atoms with van der Waals surface area (Å²) in [6, 6.07) is 10.7. The molecule has 0 saturated heterocycles. The molecular formula is C25H32N5+. The standard InChI is InChI=1S/C25H32N5/c1-16-10-11-17(12-19(16)22-18(14-26)15-29(8)30(22)9)23-27-20(24(2,3)4)13-21(28-23)25(5,6)7/h10-13,15H,1-9H3/q+1. The summed E-state index contributed by atoms with van der Waals surface area (Å²) in [6.07, 6.45) is 1.86. The highest BCUT2D eigenvalue weighted by molar-refractivity contribution is 5.74. The summed E-state index contributed by atoms with van der Waals surface area (Å²) in [5, 5.41) is 9.65. The van der Waals surface area contributed by atoms with Crippen LogP contribution in [-0.4, -0.2) is 14.6 Å². The van der Waals surface area contributed by atoms with E-state index >= 15 is 0 Å². The summed E-state index contributed by atoms with van der Waals surface area (Å²) >= 11 is 0.